The molecule has 1 N–H and O–H groups in total. The average Bonchev–Trinajstić information content (AvgIpc) is 2.66. The van der Waals surface area contributed by atoms with E-state index in [0.29, 0.717) is 5.56 Å². The van der Waals surface area contributed by atoms with Gasteiger partial charge in [-0.15, -0.1) is 0 Å². The van der Waals surface area contributed by atoms with E-state index in [1.807, 2.05) is 0 Å². The fourth-order valence-corrected chi connectivity index (χ4v) is 2.58. The molecule has 0 amide bonds. The standard InChI is InChI=1S/C20H17F4NO4/c1-4-29-20(28)12(8-25-14-6-9(2)5-10(3)18(14)26)19(27)11-7-13(21)16(23)17(24)15(11)22/h5-8,12,26H,4H2,1-3H3. The molecule has 0 aliphatic carbocycles. The van der Waals surface area contributed by atoms with E-state index in [-0.39, 0.29) is 24.1 Å². The highest BCUT2D eigenvalue weighted by molar-refractivity contribution is 6.18. The highest BCUT2D eigenvalue weighted by atomic mass is 19.2. The summed E-state index contributed by atoms with van der Waals surface area (Å²) in [5.41, 5.74) is 0.0437. The van der Waals surface area contributed by atoms with E-state index in [0.717, 1.165) is 11.8 Å². The van der Waals surface area contributed by atoms with Crippen molar-refractivity contribution in [3.8, 4) is 5.75 Å². The molecule has 0 bridgehead atoms. The molecule has 29 heavy (non-hydrogen) atoms. The predicted molar refractivity (Wildman–Crippen MR) is 96.5 cm³/mol. The molecule has 0 aliphatic heterocycles. The number of aliphatic imine (C=N–C) groups is 1. The highest BCUT2D eigenvalue weighted by Gasteiger charge is 2.32. The summed E-state index contributed by atoms with van der Waals surface area (Å²) in [7, 11) is 0. The Kier molecular flexibility index (Phi) is 6.73. The third kappa shape index (κ3) is 4.61. The van der Waals surface area contributed by atoms with Crippen LogP contribution in [0.5, 0.6) is 5.75 Å². The molecule has 1 atom stereocenters. The number of esters is 1. The molecule has 0 fully saturated rings. The molecule has 0 aliphatic rings. The Labute approximate surface area is 163 Å². The second kappa shape index (κ2) is 8.85. The number of hydrogen-bond acceptors (Lipinski definition) is 5. The monoisotopic (exact) mass is 411 g/mol. The topological polar surface area (TPSA) is 76.0 Å². The fourth-order valence-electron chi connectivity index (χ4n) is 2.58. The van der Waals surface area contributed by atoms with Crippen LogP contribution in [0.4, 0.5) is 23.2 Å². The number of ketones is 1. The zero-order valence-electron chi connectivity index (χ0n) is 15.7. The second-order valence-electron chi connectivity index (χ2n) is 6.17. The van der Waals surface area contributed by atoms with Crippen LogP contribution in [0.25, 0.3) is 0 Å². The number of aromatic hydroxyl groups is 1. The number of hydrogen-bond donors (Lipinski definition) is 1. The molecule has 9 heteroatoms. The molecule has 2 aromatic carbocycles. The number of carbonyl (C=O) groups is 2. The molecule has 2 aromatic rings. The van der Waals surface area contributed by atoms with E-state index in [1.165, 1.54) is 13.0 Å². The van der Waals surface area contributed by atoms with Crippen molar-refractivity contribution < 1.29 is 37.0 Å². The van der Waals surface area contributed by atoms with Gasteiger partial charge in [-0.05, 0) is 44.0 Å². The Morgan fingerprint density at radius 2 is 1.76 bits per heavy atom. The smallest absolute Gasteiger partial charge is 0.322 e. The van der Waals surface area contributed by atoms with Crippen molar-refractivity contribution in [2.45, 2.75) is 20.8 Å². The molecule has 2 rings (SSSR count). The first kappa shape index (κ1) is 22.1. The van der Waals surface area contributed by atoms with Crippen molar-refractivity contribution in [3.05, 3.63) is 58.2 Å². The molecule has 0 heterocycles. The van der Waals surface area contributed by atoms with Crippen LogP contribution in [-0.2, 0) is 9.53 Å². The van der Waals surface area contributed by atoms with Gasteiger partial charge in [0.1, 0.15) is 11.4 Å². The van der Waals surface area contributed by atoms with Crippen molar-refractivity contribution >= 4 is 23.7 Å². The van der Waals surface area contributed by atoms with Gasteiger partial charge in [-0.1, -0.05) is 6.07 Å². The minimum Gasteiger partial charge on any atom is -0.505 e. The lowest BCUT2D eigenvalue weighted by Gasteiger charge is -2.12. The maximum absolute atomic E-state index is 14.0. The van der Waals surface area contributed by atoms with Gasteiger partial charge in [0, 0.05) is 6.21 Å². The van der Waals surface area contributed by atoms with Gasteiger partial charge in [0.2, 0.25) is 0 Å². The van der Waals surface area contributed by atoms with Gasteiger partial charge >= 0.3 is 5.97 Å². The molecule has 1 unspecified atom stereocenters. The Morgan fingerprint density at radius 3 is 2.38 bits per heavy atom. The van der Waals surface area contributed by atoms with Crippen molar-refractivity contribution in [1.29, 1.82) is 0 Å². The lowest BCUT2D eigenvalue weighted by atomic mass is 9.97. The van der Waals surface area contributed by atoms with Crippen LogP contribution in [0.1, 0.15) is 28.4 Å². The summed E-state index contributed by atoms with van der Waals surface area (Å²) in [6.45, 7) is 4.64. The van der Waals surface area contributed by atoms with Crippen molar-refractivity contribution in [2.24, 2.45) is 10.9 Å². The van der Waals surface area contributed by atoms with Crippen LogP contribution >= 0.6 is 0 Å². The Hall–Kier alpha value is -3.23. The lowest BCUT2D eigenvalue weighted by molar-refractivity contribution is -0.143. The Balaban J connectivity index is 2.52. The normalized spacial score (nSPS) is 12.2. The highest BCUT2D eigenvalue weighted by Crippen LogP contribution is 2.31. The fraction of sp³-hybridized carbons (Fsp3) is 0.250. The Morgan fingerprint density at radius 1 is 1.10 bits per heavy atom. The van der Waals surface area contributed by atoms with Gasteiger partial charge in [-0.25, -0.2) is 17.6 Å². The lowest BCUT2D eigenvalue weighted by Crippen LogP contribution is -2.29. The molecule has 0 saturated heterocycles. The van der Waals surface area contributed by atoms with E-state index in [9.17, 15) is 32.3 Å². The van der Waals surface area contributed by atoms with Crippen molar-refractivity contribution in [1.82, 2.24) is 0 Å². The van der Waals surface area contributed by atoms with Crippen molar-refractivity contribution in [2.75, 3.05) is 6.61 Å². The zero-order chi connectivity index (χ0) is 21.9. The summed E-state index contributed by atoms with van der Waals surface area (Å²) in [4.78, 5) is 28.6. The number of benzene rings is 2. The molecular weight excluding hydrogens is 394 g/mol. The molecular formula is C20H17F4NO4. The van der Waals surface area contributed by atoms with Crippen molar-refractivity contribution in [3.63, 3.8) is 0 Å². The molecule has 0 spiro atoms. The number of ether oxygens (including phenoxy) is 1. The first-order valence-corrected chi connectivity index (χ1v) is 8.46. The average molecular weight is 411 g/mol. The number of Topliss-reactive ketones (excluding diaryl/α,β-unsaturated/α-hetero) is 1. The number of aryl methyl sites for hydroxylation is 2. The van der Waals surface area contributed by atoms with Gasteiger partial charge in [0.05, 0.1) is 12.2 Å². The Bertz CT molecular complexity index is 1000. The maximum Gasteiger partial charge on any atom is 0.322 e. The number of halogens is 4. The van der Waals surface area contributed by atoms with E-state index in [4.69, 9.17) is 4.74 Å². The molecule has 0 aromatic heterocycles. The summed E-state index contributed by atoms with van der Waals surface area (Å²) in [5.74, 6) is -12.6. The SMILES string of the molecule is CCOC(=O)C(C=Nc1cc(C)cc(C)c1O)C(=O)c1cc(F)c(F)c(F)c1F. The third-order valence-corrected chi connectivity index (χ3v) is 3.98. The van der Waals surface area contributed by atoms with Crippen LogP contribution in [-0.4, -0.2) is 29.7 Å². The van der Waals surface area contributed by atoms with E-state index in [1.54, 1.807) is 19.9 Å². The minimum atomic E-state index is -2.18. The largest absolute Gasteiger partial charge is 0.505 e. The van der Waals surface area contributed by atoms with Gasteiger partial charge in [0.25, 0.3) is 0 Å². The van der Waals surface area contributed by atoms with E-state index >= 15 is 0 Å². The summed E-state index contributed by atoms with van der Waals surface area (Å²) in [6.07, 6.45) is 0.771. The van der Waals surface area contributed by atoms with Gasteiger partial charge in [-0.3, -0.25) is 14.6 Å². The van der Waals surface area contributed by atoms with Crippen LogP contribution in [0.3, 0.4) is 0 Å². The summed E-state index contributed by atoms with van der Waals surface area (Å²) < 4.78 is 58.9. The van der Waals surface area contributed by atoms with Crippen LogP contribution in [0.2, 0.25) is 0 Å². The van der Waals surface area contributed by atoms with E-state index in [2.05, 4.69) is 4.99 Å². The van der Waals surface area contributed by atoms with Gasteiger partial charge < -0.3 is 9.84 Å². The number of rotatable bonds is 6. The number of carbonyl (C=O) groups excluding carboxylic acids is 2. The number of phenolic OH excluding ortho intramolecular Hbond substituents is 1. The zero-order valence-corrected chi connectivity index (χ0v) is 15.7. The van der Waals surface area contributed by atoms with Crippen LogP contribution < -0.4 is 0 Å². The quantitative estimate of drug-likeness (QED) is 0.146. The summed E-state index contributed by atoms with van der Waals surface area (Å²) >= 11 is 0. The first-order valence-electron chi connectivity index (χ1n) is 8.46. The second-order valence-corrected chi connectivity index (χ2v) is 6.17. The summed E-state index contributed by atoms with van der Waals surface area (Å²) in [6, 6.07) is 3.29. The molecule has 154 valence electrons. The number of phenols is 1. The predicted octanol–water partition coefficient (Wildman–Crippen LogP) is 4.33. The molecule has 5 nitrogen and oxygen atoms in total. The maximum atomic E-state index is 14.0. The summed E-state index contributed by atoms with van der Waals surface area (Å²) in [5, 5.41) is 10.1. The third-order valence-electron chi connectivity index (χ3n) is 3.98. The van der Waals surface area contributed by atoms with Crippen LogP contribution in [0.15, 0.2) is 23.2 Å². The first-order chi connectivity index (χ1) is 13.6. The minimum absolute atomic E-state index is 0.0153. The molecule has 0 radical (unpaired) electrons. The van der Waals surface area contributed by atoms with E-state index < -0.39 is 46.5 Å². The van der Waals surface area contributed by atoms with Gasteiger partial charge in [-0.2, -0.15) is 0 Å². The van der Waals surface area contributed by atoms with Crippen LogP contribution in [0, 0.1) is 43.0 Å². The van der Waals surface area contributed by atoms with Gasteiger partial charge in [0.15, 0.2) is 35.0 Å². The number of nitrogens with zero attached hydrogens (tertiary/aromatic N) is 1. The molecule has 0 saturated carbocycles.